The molecule has 0 rings (SSSR count). The molecule has 0 aromatic carbocycles. The molecule has 0 aliphatic rings. The number of halogens is 1. The van der Waals surface area contributed by atoms with Gasteiger partial charge < -0.3 is 0 Å². The average Bonchev–Trinajstić information content (AvgIpc) is 2.00. The largest absolute Gasteiger partial charge is 0.206 e. The summed E-state index contributed by atoms with van der Waals surface area (Å²) in [6.45, 7) is 3.44. The van der Waals surface area contributed by atoms with Crippen molar-refractivity contribution in [2.75, 3.05) is 0 Å². The lowest BCUT2D eigenvalue weighted by atomic mass is 10.2. The normalized spacial score (nSPS) is 13.6. The highest BCUT2D eigenvalue weighted by molar-refractivity contribution is 5.39. The summed E-state index contributed by atoms with van der Waals surface area (Å²) < 4.78 is 12.8. The molecule has 0 saturated carbocycles. The van der Waals surface area contributed by atoms with Crippen LogP contribution in [0.4, 0.5) is 4.39 Å². The Bertz CT molecular complexity index is 241. The molecule has 0 spiro atoms. The second kappa shape index (κ2) is 5.43. The van der Waals surface area contributed by atoms with E-state index in [2.05, 4.69) is 0 Å². The second-order valence-corrected chi connectivity index (χ2v) is 1.87. The molecule has 0 aliphatic carbocycles. The SMILES string of the molecule is C\C=C/C(C#N)=C(F)\C=C\C. The van der Waals surface area contributed by atoms with Gasteiger partial charge >= 0.3 is 0 Å². The number of rotatable bonds is 2. The molecule has 0 atom stereocenters. The zero-order valence-electron chi connectivity index (χ0n) is 6.63. The van der Waals surface area contributed by atoms with Gasteiger partial charge in [0.25, 0.3) is 0 Å². The highest BCUT2D eigenvalue weighted by Crippen LogP contribution is 2.08. The smallest absolute Gasteiger partial charge is 0.140 e. The number of hydrogen-bond donors (Lipinski definition) is 0. The fourth-order valence-corrected chi connectivity index (χ4v) is 0.573. The lowest BCUT2D eigenvalue weighted by Gasteiger charge is -1.87. The van der Waals surface area contributed by atoms with Crippen LogP contribution in [0.5, 0.6) is 0 Å². The maximum absolute atomic E-state index is 12.8. The topological polar surface area (TPSA) is 23.8 Å². The third-order valence-corrected chi connectivity index (χ3v) is 1.02. The van der Waals surface area contributed by atoms with Crippen molar-refractivity contribution < 1.29 is 4.39 Å². The van der Waals surface area contributed by atoms with E-state index in [0.717, 1.165) is 0 Å². The second-order valence-electron chi connectivity index (χ2n) is 1.87. The highest BCUT2D eigenvalue weighted by Gasteiger charge is 1.96. The summed E-state index contributed by atoms with van der Waals surface area (Å²) in [4.78, 5) is 0. The van der Waals surface area contributed by atoms with Gasteiger partial charge in [-0.25, -0.2) is 4.39 Å². The fraction of sp³-hybridized carbons (Fsp3) is 0.222. The zero-order valence-corrected chi connectivity index (χ0v) is 6.63. The van der Waals surface area contributed by atoms with Crippen molar-refractivity contribution in [3.63, 3.8) is 0 Å². The molecule has 0 aromatic heterocycles. The minimum absolute atomic E-state index is 0.0607. The number of allylic oxidation sites excluding steroid dienone is 6. The van der Waals surface area contributed by atoms with Crippen molar-refractivity contribution >= 4 is 0 Å². The maximum Gasteiger partial charge on any atom is 0.140 e. The Morgan fingerprint density at radius 3 is 2.18 bits per heavy atom. The predicted molar refractivity (Wildman–Crippen MR) is 43.4 cm³/mol. The van der Waals surface area contributed by atoms with E-state index in [-0.39, 0.29) is 5.57 Å². The molecule has 0 aromatic rings. The van der Waals surface area contributed by atoms with E-state index in [1.807, 2.05) is 0 Å². The lowest BCUT2D eigenvalue weighted by Crippen LogP contribution is -1.75. The van der Waals surface area contributed by atoms with Gasteiger partial charge in [0.1, 0.15) is 11.9 Å². The predicted octanol–water partition coefficient (Wildman–Crippen LogP) is 2.89. The molecule has 0 bridgehead atoms. The molecule has 0 saturated heterocycles. The molecule has 0 amide bonds. The van der Waals surface area contributed by atoms with Gasteiger partial charge in [0.15, 0.2) is 0 Å². The van der Waals surface area contributed by atoms with Crippen molar-refractivity contribution in [1.29, 1.82) is 5.26 Å². The minimum Gasteiger partial charge on any atom is -0.206 e. The van der Waals surface area contributed by atoms with Gasteiger partial charge in [-0.3, -0.25) is 0 Å². The van der Waals surface area contributed by atoms with Gasteiger partial charge in [0.2, 0.25) is 0 Å². The van der Waals surface area contributed by atoms with Crippen molar-refractivity contribution in [1.82, 2.24) is 0 Å². The van der Waals surface area contributed by atoms with Crippen molar-refractivity contribution in [2.24, 2.45) is 0 Å². The van der Waals surface area contributed by atoms with Crippen molar-refractivity contribution in [3.8, 4) is 6.07 Å². The standard InChI is InChI=1S/C9H10FN/c1-3-5-8(7-11)9(10)6-4-2/h3-6H,1-2H3/b5-3-,6-4+,9-8-. The van der Waals surface area contributed by atoms with E-state index in [4.69, 9.17) is 5.26 Å². The lowest BCUT2D eigenvalue weighted by molar-refractivity contribution is 0.662. The number of hydrogen-bond acceptors (Lipinski definition) is 1. The maximum atomic E-state index is 12.8. The van der Waals surface area contributed by atoms with Crippen LogP contribution in [0.1, 0.15) is 13.8 Å². The highest BCUT2D eigenvalue weighted by atomic mass is 19.1. The fourth-order valence-electron chi connectivity index (χ4n) is 0.573. The van der Waals surface area contributed by atoms with Gasteiger partial charge in [-0.15, -0.1) is 0 Å². The summed E-state index contributed by atoms with van der Waals surface area (Å²) in [7, 11) is 0. The van der Waals surface area contributed by atoms with Crippen LogP contribution in [0, 0.1) is 11.3 Å². The Morgan fingerprint density at radius 2 is 1.82 bits per heavy atom. The Labute approximate surface area is 66.1 Å². The molecule has 1 nitrogen and oxygen atoms in total. The van der Waals surface area contributed by atoms with Crippen LogP contribution in [-0.2, 0) is 0 Å². The van der Waals surface area contributed by atoms with E-state index in [1.165, 1.54) is 12.2 Å². The molecule has 0 unspecified atom stereocenters. The molecule has 0 radical (unpaired) electrons. The van der Waals surface area contributed by atoms with Gasteiger partial charge in [-0.2, -0.15) is 5.26 Å². The van der Waals surface area contributed by atoms with Crippen LogP contribution in [-0.4, -0.2) is 0 Å². The summed E-state index contributed by atoms with van der Waals surface area (Å²) in [5.41, 5.74) is 0.0607. The van der Waals surface area contributed by atoms with Crippen LogP contribution < -0.4 is 0 Å². The minimum atomic E-state index is -0.493. The van der Waals surface area contributed by atoms with Gasteiger partial charge in [0, 0.05) is 0 Å². The van der Waals surface area contributed by atoms with Gasteiger partial charge in [-0.1, -0.05) is 12.2 Å². The van der Waals surface area contributed by atoms with Crippen molar-refractivity contribution in [3.05, 3.63) is 35.7 Å². The molecular formula is C9H10FN. The quantitative estimate of drug-likeness (QED) is 0.439. The summed E-state index contributed by atoms with van der Waals surface area (Å²) >= 11 is 0. The summed E-state index contributed by atoms with van der Waals surface area (Å²) in [6, 6.07) is 1.75. The monoisotopic (exact) mass is 151 g/mol. The summed E-state index contributed by atoms with van der Waals surface area (Å²) in [6.07, 6.45) is 5.88. The first-order valence-electron chi connectivity index (χ1n) is 3.31. The van der Waals surface area contributed by atoms with E-state index < -0.39 is 5.83 Å². The van der Waals surface area contributed by atoms with Crippen LogP contribution in [0.2, 0.25) is 0 Å². The first kappa shape index (κ1) is 9.64. The molecule has 0 aliphatic heterocycles. The molecule has 0 N–H and O–H groups in total. The molecule has 11 heavy (non-hydrogen) atoms. The molecule has 0 fully saturated rings. The first-order chi connectivity index (χ1) is 5.26. The average molecular weight is 151 g/mol. The third-order valence-electron chi connectivity index (χ3n) is 1.02. The Kier molecular flexibility index (Phi) is 4.76. The van der Waals surface area contributed by atoms with Gasteiger partial charge in [-0.05, 0) is 26.0 Å². The molecule has 0 heterocycles. The number of nitrogens with zero attached hydrogens (tertiary/aromatic N) is 1. The third kappa shape index (κ3) is 3.36. The number of nitriles is 1. The molecular weight excluding hydrogens is 141 g/mol. The van der Waals surface area contributed by atoms with E-state index in [1.54, 1.807) is 32.1 Å². The van der Waals surface area contributed by atoms with Crippen LogP contribution in [0.25, 0.3) is 0 Å². The van der Waals surface area contributed by atoms with E-state index >= 15 is 0 Å². The zero-order chi connectivity index (χ0) is 8.69. The van der Waals surface area contributed by atoms with Crippen LogP contribution in [0.3, 0.4) is 0 Å². The Morgan fingerprint density at radius 1 is 1.27 bits per heavy atom. The molecule has 2 heteroatoms. The van der Waals surface area contributed by atoms with Crippen LogP contribution in [0.15, 0.2) is 35.7 Å². The summed E-state index contributed by atoms with van der Waals surface area (Å²) in [5.74, 6) is -0.493. The van der Waals surface area contributed by atoms with E-state index in [0.29, 0.717) is 0 Å². The van der Waals surface area contributed by atoms with Gasteiger partial charge in [0.05, 0.1) is 5.57 Å². The van der Waals surface area contributed by atoms with E-state index in [9.17, 15) is 4.39 Å². The Balaban J connectivity index is 4.71. The van der Waals surface area contributed by atoms with Crippen molar-refractivity contribution in [2.45, 2.75) is 13.8 Å². The molecule has 58 valence electrons. The Hall–Kier alpha value is -1.36. The first-order valence-corrected chi connectivity index (χ1v) is 3.31. The summed E-state index contributed by atoms with van der Waals surface area (Å²) in [5, 5.41) is 8.42. The van der Waals surface area contributed by atoms with Crippen LogP contribution >= 0.6 is 0 Å².